The van der Waals surface area contributed by atoms with Crippen LogP contribution in [0.5, 0.6) is 0 Å². The third-order valence-electron chi connectivity index (χ3n) is 3.50. The Kier molecular flexibility index (Phi) is 4.96. The van der Waals surface area contributed by atoms with Gasteiger partial charge in [-0.2, -0.15) is 0 Å². The van der Waals surface area contributed by atoms with Crippen LogP contribution >= 0.6 is 0 Å². The number of carbonyl (C=O) groups is 1. The lowest BCUT2D eigenvalue weighted by atomic mass is 10.1. The van der Waals surface area contributed by atoms with E-state index in [2.05, 4.69) is 11.1 Å². The highest BCUT2D eigenvalue weighted by Crippen LogP contribution is 2.21. The van der Waals surface area contributed by atoms with Gasteiger partial charge in [0.1, 0.15) is 5.52 Å². The molecule has 21 heavy (non-hydrogen) atoms. The number of benzene rings is 1. The summed E-state index contributed by atoms with van der Waals surface area (Å²) in [6.07, 6.45) is 1.75. The highest BCUT2D eigenvalue weighted by molar-refractivity contribution is 6.05. The van der Waals surface area contributed by atoms with Crippen LogP contribution in [-0.4, -0.2) is 46.7 Å². The molecule has 1 amide bonds. The van der Waals surface area contributed by atoms with Gasteiger partial charge in [-0.1, -0.05) is 13.8 Å². The van der Waals surface area contributed by atoms with Crippen LogP contribution in [0.25, 0.3) is 11.0 Å². The molecule has 0 spiro atoms. The van der Waals surface area contributed by atoms with Crippen molar-refractivity contribution in [1.82, 2.24) is 14.5 Å². The van der Waals surface area contributed by atoms with Gasteiger partial charge in [0.2, 0.25) is 0 Å². The molecule has 1 aliphatic rings. The van der Waals surface area contributed by atoms with Gasteiger partial charge in [0.25, 0.3) is 5.91 Å². The zero-order valence-corrected chi connectivity index (χ0v) is 13.2. The normalized spacial score (nSPS) is 14.8. The molecule has 1 aromatic heterocycles. The molecule has 0 atom stereocenters. The molecule has 1 aliphatic heterocycles. The molecule has 0 radical (unpaired) electrons. The van der Waals surface area contributed by atoms with Gasteiger partial charge in [-0.15, -0.1) is 0 Å². The number of rotatable bonds is 1. The van der Waals surface area contributed by atoms with E-state index < -0.39 is 0 Å². The number of ether oxygens (including phenoxy) is 1. The summed E-state index contributed by atoms with van der Waals surface area (Å²) in [5, 5.41) is 0. The van der Waals surface area contributed by atoms with E-state index in [1.807, 2.05) is 43.4 Å². The number of amides is 1. The van der Waals surface area contributed by atoms with Crippen LogP contribution in [0.1, 0.15) is 29.8 Å². The van der Waals surface area contributed by atoms with Crippen molar-refractivity contribution in [2.24, 2.45) is 7.05 Å². The fourth-order valence-electron chi connectivity index (χ4n) is 2.47. The molecule has 0 aliphatic carbocycles. The molecule has 0 unspecified atom stereocenters. The van der Waals surface area contributed by atoms with Crippen LogP contribution < -0.4 is 0 Å². The molecule has 3 rings (SSSR count). The number of carbonyl (C=O) groups excluding carboxylic acids is 1. The smallest absolute Gasteiger partial charge is 0.256 e. The van der Waals surface area contributed by atoms with Gasteiger partial charge in [0.15, 0.2) is 0 Å². The molecule has 1 saturated heterocycles. The molecule has 5 nitrogen and oxygen atoms in total. The number of aromatic nitrogens is 2. The average molecular weight is 289 g/mol. The number of fused-ring (bicyclic) bond motifs is 1. The minimum atomic E-state index is 0.0516. The Hall–Kier alpha value is -1.88. The quantitative estimate of drug-likeness (QED) is 0.810. The van der Waals surface area contributed by atoms with Gasteiger partial charge >= 0.3 is 0 Å². The molecular weight excluding hydrogens is 266 g/mol. The van der Waals surface area contributed by atoms with Crippen molar-refractivity contribution in [3.05, 3.63) is 29.6 Å². The SMILES string of the molecule is CC.Cc1cc(C(=O)N2CCOCC2)c2ncn(C)c2c1. The van der Waals surface area contributed by atoms with Crippen LogP contribution in [0.15, 0.2) is 18.5 Å². The van der Waals surface area contributed by atoms with Gasteiger partial charge in [0.05, 0.1) is 30.6 Å². The van der Waals surface area contributed by atoms with Crippen molar-refractivity contribution in [3.8, 4) is 0 Å². The van der Waals surface area contributed by atoms with Gasteiger partial charge in [-0.3, -0.25) is 4.79 Å². The lowest BCUT2D eigenvalue weighted by Gasteiger charge is -2.27. The van der Waals surface area contributed by atoms with Crippen LogP contribution in [-0.2, 0) is 11.8 Å². The Morgan fingerprint density at radius 3 is 2.57 bits per heavy atom. The Morgan fingerprint density at radius 1 is 1.24 bits per heavy atom. The Morgan fingerprint density at radius 2 is 1.90 bits per heavy atom. The maximum Gasteiger partial charge on any atom is 0.256 e. The van der Waals surface area contributed by atoms with Crippen LogP contribution in [0, 0.1) is 6.92 Å². The lowest BCUT2D eigenvalue weighted by molar-refractivity contribution is 0.0304. The second-order valence-corrected chi connectivity index (χ2v) is 4.94. The van der Waals surface area contributed by atoms with E-state index in [4.69, 9.17) is 4.74 Å². The monoisotopic (exact) mass is 289 g/mol. The zero-order valence-electron chi connectivity index (χ0n) is 13.2. The largest absolute Gasteiger partial charge is 0.378 e. The Balaban J connectivity index is 0.000000774. The first-order valence-corrected chi connectivity index (χ1v) is 7.45. The van der Waals surface area contributed by atoms with Crippen LogP contribution in [0.4, 0.5) is 0 Å². The molecule has 0 bridgehead atoms. The summed E-state index contributed by atoms with van der Waals surface area (Å²) in [5.74, 6) is 0.0516. The van der Waals surface area contributed by atoms with E-state index in [0.717, 1.165) is 16.6 Å². The van der Waals surface area contributed by atoms with Gasteiger partial charge in [0, 0.05) is 20.1 Å². The number of imidazole rings is 1. The van der Waals surface area contributed by atoms with Crippen molar-refractivity contribution in [2.75, 3.05) is 26.3 Å². The standard InChI is InChI=1S/C14H17N3O2.C2H6/c1-10-7-11(13-12(8-10)16(2)9-15-13)14(18)17-3-5-19-6-4-17;1-2/h7-9H,3-6H2,1-2H3;1-2H3. The van der Waals surface area contributed by atoms with Gasteiger partial charge in [-0.25, -0.2) is 4.98 Å². The van der Waals surface area contributed by atoms with Crippen molar-refractivity contribution in [1.29, 1.82) is 0 Å². The van der Waals surface area contributed by atoms with E-state index in [-0.39, 0.29) is 5.91 Å². The topological polar surface area (TPSA) is 47.4 Å². The summed E-state index contributed by atoms with van der Waals surface area (Å²) >= 11 is 0. The first-order chi connectivity index (χ1) is 10.2. The summed E-state index contributed by atoms with van der Waals surface area (Å²) in [6, 6.07) is 3.98. The fourth-order valence-corrected chi connectivity index (χ4v) is 2.47. The third-order valence-corrected chi connectivity index (χ3v) is 3.50. The van der Waals surface area contributed by atoms with Crippen LogP contribution in [0.3, 0.4) is 0 Å². The first kappa shape index (κ1) is 15.5. The highest BCUT2D eigenvalue weighted by atomic mass is 16.5. The van der Waals surface area contributed by atoms with E-state index in [9.17, 15) is 4.79 Å². The maximum absolute atomic E-state index is 12.6. The van der Waals surface area contributed by atoms with E-state index >= 15 is 0 Å². The van der Waals surface area contributed by atoms with Crippen molar-refractivity contribution >= 4 is 16.9 Å². The van der Waals surface area contributed by atoms with Crippen molar-refractivity contribution < 1.29 is 9.53 Å². The predicted octanol–water partition coefficient (Wildman–Crippen LogP) is 2.38. The average Bonchev–Trinajstić information content (AvgIpc) is 2.90. The van der Waals surface area contributed by atoms with Gasteiger partial charge < -0.3 is 14.2 Å². The van der Waals surface area contributed by atoms with E-state index in [0.29, 0.717) is 31.9 Å². The molecule has 2 aromatic rings. The first-order valence-electron chi connectivity index (χ1n) is 7.45. The zero-order chi connectivity index (χ0) is 15.4. The number of nitrogens with zero attached hydrogens (tertiary/aromatic N) is 3. The molecule has 2 heterocycles. The molecule has 5 heteroatoms. The van der Waals surface area contributed by atoms with E-state index in [1.165, 1.54) is 0 Å². The van der Waals surface area contributed by atoms with Crippen molar-refractivity contribution in [3.63, 3.8) is 0 Å². The summed E-state index contributed by atoms with van der Waals surface area (Å²) in [5.41, 5.74) is 3.55. The molecule has 1 fully saturated rings. The summed E-state index contributed by atoms with van der Waals surface area (Å²) in [4.78, 5) is 18.8. The number of hydrogen-bond acceptors (Lipinski definition) is 3. The highest BCUT2D eigenvalue weighted by Gasteiger charge is 2.22. The maximum atomic E-state index is 12.6. The minimum Gasteiger partial charge on any atom is -0.378 e. The molecule has 0 saturated carbocycles. The summed E-state index contributed by atoms with van der Waals surface area (Å²) in [6.45, 7) is 8.54. The number of hydrogen-bond donors (Lipinski definition) is 0. The minimum absolute atomic E-state index is 0.0516. The lowest BCUT2D eigenvalue weighted by Crippen LogP contribution is -2.40. The van der Waals surface area contributed by atoms with Crippen LogP contribution in [0.2, 0.25) is 0 Å². The predicted molar refractivity (Wildman–Crippen MR) is 83.5 cm³/mol. The molecule has 114 valence electrons. The number of morpholine rings is 1. The second-order valence-electron chi connectivity index (χ2n) is 4.94. The summed E-state index contributed by atoms with van der Waals surface area (Å²) < 4.78 is 7.23. The Bertz CT molecular complexity index is 628. The molecule has 0 N–H and O–H groups in total. The Labute approximate surface area is 125 Å². The molecular formula is C16H23N3O2. The number of aryl methyl sites for hydroxylation is 2. The summed E-state index contributed by atoms with van der Waals surface area (Å²) in [7, 11) is 1.94. The van der Waals surface area contributed by atoms with Crippen molar-refractivity contribution in [2.45, 2.75) is 20.8 Å². The van der Waals surface area contributed by atoms with E-state index in [1.54, 1.807) is 6.33 Å². The second kappa shape index (κ2) is 6.72. The fraction of sp³-hybridized carbons (Fsp3) is 0.500. The molecule has 1 aromatic carbocycles. The van der Waals surface area contributed by atoms with Gasteiger partial charge in [-0.05, 0) is 24.6 Å². The third kappa shape index (κ3) is 3.08.